The number of rotatable bonds is 6. The van der Waals surface area contributed by atoms with Gasteiger partial charge in [0, 0.05) is 43.2 Å². The molecular weight excluding hydrogens is 414 g/mol. The first kappa shape index (κ1) is 21.2. The van der Waals surface area contributed by atoms with Crippen LogP contribution in [0.4, 0.5) is 0 Å². The highest BCUT2D eigenvalue weighted by Gasteiger charge is 2.54. The maximum Gasteiger partial charge on any atom is 0.255 e. The van der Waals surface area contributed by atoms with Crippen molar-refractivity contribution in [1.29, 1.82) is 0 Å². The molecule has 0 aliphatic carbocycles. The van der Waals surface area contributed by atoms with Crippen molar-refractivity contribution in [2.45, 2.75) is 12.2 Å². The molecule has 2 aromatic carbocycles. The first-order chi connectivity index (χ1) is 16.2. The third kappa shape index (κ3) is 4.23. The van der Waals surface area contributed by atoms with E-state index in [4.69, 9.17) is 4.74 Å². The van der Waals surface area contributed by atoms with Crippen LogP contribution < -0.4 is 0 Å². The van der Waals surface area contributed by atoms with Gasteiger partial charge in [-0.15, -0.1) is 0 Å². The Bertz CT molecular complexity index is 1160. The van der Waals surface area contributed by atoms with E-state index in [1.54, 1.807) is 42.7 Å². The van der Waals surface area contributed by atoms with E-state index in [0.29, 0.717) is 30.9 Å². The van der Waals surface area contributed by atoms with E-state index >= 15 is 0 Å². The molecule has 33 heavy (non-hydrogen) atoms. The van der Waals surface area contributed by atoms with E-state index in [0.717, 1.165) is 18.7 Å². The predicted molar refractivity (Wildman–Crippen MR) is 125 cm³/mol. The molecule has 0 N–H and O–H groups in total. The molecular formula is C27H25N3O3. The van der Waals surface area contributed by atoms with E-state index in [1.165, 1.54) is 11.6 Å². The average Bonchev–Trinajstić information content (AvgIpc) is 3.23. The molecule has 0 unspecified atom stereocenters. The molecule has 3 aromatic rings. The summed E-state index contributed by atoms with van der Waals surface area (Å²) in [5, 5.41) is 0. The number of aromatic nitrogens is 1. The number of pyridine rings is 1. The molecule has 1 spiro atoms. The van der Waals surface area contributed by atoms with E-state index in [-0.39, 0.29) is 11.7 Å². The van der Waals surface area contributed by atoms with Gasteiger partial charge in [0.25, 0.3) is 5.91 Å². The molecule has 6 nitrogen and oxygen atoms in total. The lowest BCUT2D eigenvalue weighted by Crippen LogP contribution is -2.67. The fraction of sp³-hybridized carbons (Fsp3) is 0.222. The van der Waals surface area contributed by atoms with E-state index in [1.807, 2.05) is 35.2 Å². The zero-order chi connectivity index (χ0) is 22.7. The number of carbonyl (C=O) groups excluding carboxylic acids is 2. The molecule has 5 rings (SSSR count). The van der Waals surface area contributed by atoms with Gasteiger partial charge in [0.15, 0.2) is 5.78 Å². The van der Waals surface area contributed by atoms with Gasteiger partial charge in [-0.05, 0) is 41.5 Å². The van der Waals surface area contributed by atoms with Gasteiger partial charge in [-0.3, -0.25) is 19.5 Å². The van der Waals surface area contributed by atoms with Gasteiger partial charge in [-0.1, -0.05) is 48.5 Å². The minimum absolute atomic E-state index is 0.0276. The molecule has 166 valence electrons. The molecule has 2 saturated heterocycles. The van der Waals surface area contributed by atoms with E-state index in [2.05, 4.69) is 22.0 Å². The topological polar surface area (TPSA) is 62.7 Å². The summed E-state index contributed by atoms with van der Waals surface area (Å²) in [5.74, 6) is -0.134. The summed E-state index contributed by atoms with van der Waals surface area (Å²) in [5.41, 5.74) is 2.87. The molecule has 2 fully saturated rings. The molecule has 1 amide bonds. The summed E-state index contributed by atoms with van der Waals surface area (Å²) in [6, 6.07) is 20.9. The quantitative estimate of drug-likeness (QED) is 0.433. The van der Waals surface area contributed by atoms with Crippen LogP contribution in [0.15, 0.2) is 85.2 Å². The van der Waals surface area contributed by atoms with Gasteiger partial charge in [-0.2, -0.15) is 0 Å². The summed E-state index contributed by atoms with van der Waals surface area (Å²) in [7, 11) is 0. The maximum absolute atomic E-state index is 13.4. The van der Waals surface area contributed by atoms with Crippen LogP contribution in [-0.2, 0) is 11.3 Å². The Morgan fingerprint density at radius 2 is 1.61 bits per heavy atom. The fourth-order valence-corrected chi connectivity index (χ4v) is 4.43. The molecule has 0 bridgehead atoms. The molecule has 6 heteroatoms. The second kappa shape index (κ2) is 9.10. The van der Waals surface area contributed by atoms with Crippen molar-refractivity contribution in [1.82, 2.24) is 14.8 Å². The van der Waals surface area contributed by atoms with Gasteiger partial charge >= 0.3 is 0 Å². The summed E-state index contributed by atoms with van der Waals surface area (Å²) in [6.45, 7) is 3.28. The zero-order valence-corrected chi connectivity index (χ0v) is 18.3. The molecule has 0 radical (unpaired) electrons. The smallest absolute Gasteiger partial charge is 0.255 e. The number of allylic oxidation sites excluding steroid dienone is 1. The maximum atomic E-state index is 13.4. The lowest BCUT2D eigenvalue weighted by Gasteiger charge is -2.49. The Balaban J connectivity index is 1.28. The Kier molecular flexibility index (Phi) is 5.86. The minimum Gasteiger partial charge on any atom is -0.374 e. The van der Waals surface area contributed by atoms with Crippen molar-refractivity contribution in [2.24, 2.45) is 0 Å². The highest BCUT2D eigenvalue weighted by molar-refractivity contribution is 6.07. The number of nitrogens with zero attached hydrogens (tertiary/aromatic N) is 3. The Hall–Kier alpha value is -3.61. The first-order valence-electron chi connectivity index (χ1n) is 11.1. The zero-order valence-electron chi connectivity index (χ0n) is 18.3. The van der Waals surface area contributed by atoms with Crippen LogP contribution >= 0.6 is 0 Å². The third-order valence-corrected chi connectivity index (χ3v) is 6.36. The van der Waals surface area contributed by atoms with Crippen LogP contribution in [0.3, 0.4) is 0 Å². The number of hydrogen-bond donors (Lipinski definition) is 0. The molecule has 0 saturated carbocycles. The van der Waals surface area contributed by atoms with E-state index < -0.39 is 5.66 Å². The third-order valence-electron chi connectivity index (χ3n) is 6.36. The second-order valence-corrected chi connectivity index (χ2v) is 8.39. The fourth-order valence-electron chi connectivity index (χ4n) is 4.43. The van der Waals surface area contributed by atoms with Crippen molar-refractivity contribution >= 4 is 17.8 Å². The summed E-state index contributed by atoms with van der Waals surface area (Å²) in [6.07, 6.45) is 6.66. The lowest BCUT2D eigenvalue weighted by atomic mass is 10.0. The summed E-state index contributed by atoms with van der Waals surface area (Å²) < 4.78 is 5.57. The van der Waals surface area contributed by atoms with Crippen LogP contribution in [0.25, 0.3) is 6.08 Å². The Labute approximate surface area is 193 Å². The standard InChI is InChI=1S/C27H25N3O3/c31-25(11-6-21-12-14-28-15-13-21)23-7-9-24(10-8-23)26(32)30-17-16-29(27(30)19-33-20-27)18-22-4-2-1-3-5-22/h1-15H,16-20H2/b11-6+. The number of hydrogen-bond acceptors (Lipinski definition) is 5. The van der Waals surface area contributed by atoms with Gasteiger partial charge in [0.2, 0.25) is 0 Å². The van der Waals surface area contributed by atoms with Gasteiger partial charge in [-0.25, -0.2) is 0 Å². The summed E-state index contributed by atoms with van der Waals surface area (Å²) in [4.78, 5) is 34.1. The molecule has 1 aromatic heterocycles. The number of ether oxygens (including phenoxy) is 1. The number of ketones is 1. The molecule has 0 atom stereocenters. The Morgan fingerprint density at radius 1 is 0.909 bits per heavy atom. The molecule has 2 aliphatic rings. The van der Waals surface area contributed by atoms with Crippen LogP contribution in [0.2, 0.25) is 0 Å². The number of benzene rings is 2. The molecule has 2 aliphatic heterocycles. The number of carbonyl (C=O) groups is 2. The van der Waals surface area contributed by atoms with Gasteiger partial charge in [0.05, 0.1) is 13.2 Å². The van der Waals surface area contributed by atoms with Crippen molar-refractivity contribution in [2.75, 3.05) is 26.3 Å². The number of amides is 1. The largest absolute Gasteiger partial charge is 0.374 e. The van der Waals surface area contributed by atoms with Crippen LogP contribution in [0.5, 0.6) is 0 Å². The van der Waals surface area contributed by atoms with Crippen molar-refractivity contribution in [3.8, 4) is 0 Å². The predicted octanol–water partition coefficient (Wildman–Crippen LogP) is 3.66. The minimum atomic E-state index is -0.394. The van der Waals surface area contributed by atoms with Crippen molar-refractivity contribution in [3.63, 3.8) is 0 Å². The highest BCUT2D eigenvalue weighted by atomic mass is 16.5. The van der Waals surface area contributed by atoms with Crippen LogP contribution in [0, 0.1) is 0 Å². The second-order valence-electron chi connectivity index (χ2n) is 8.39. The highest BCUT2D eigenvalue weighted by Crippen LogP contribution is 2.36. The SMILES string of the molecule is O=C(/C=C/c1ccncc1)c1ccc(C(=O)N2CCN(Cc3ccccc3)C23COC3)cc1. The lowest BCUT2D eigenvalue weighted by molar-refractivity contribution is -0.176. The van der Waals surface area contributed by atoms with Crippen molar-refractivity contribution in [3.05, 3.63) is 107 Å². The van der Waals surface area contributed by atoms with Crippen molar-refractivity contribution < 1.29 is 14.3 Å². The Morgan fingerprint density at radius 3 is 2.27 bits per heavy atom. The van der Waals surface area contributed by atoms with Gasteiger partial charge < -0.3 is 9.64 Å². The van der Waals surface area contributed by atoms with Gasteiger partial charge in [0.1, 0.15) is 5.66 Å². The summed E-state index contributed by atoms with van der Waals surface area (Å²) >= 11 is 0. The van der Waals surface area contributed by atoms with Crippen LogP contribution in [0.1, 0.15) is 31.8 Å². The average molecular weight is 440 g/mol. The van der Waals surface area contributed by atoms with E-state index in [9.17, 15) is 9.59 Å². The van der Waals surface area contributed by atoms with Crippen LogP contribution in [-0.4, -0.2) is 58.4 Å². The normalized spacial score (nSPS) is 17.4. The first-order valence-corrected chi connectivity index (χ1v) is 11.1. The monoisotopic (exact) mass is 439 g/mol. The molecule has 3 heterocycles.